The van der Waals surface area contributed by atoms with Gasteiger partial charge in [0.1, 0.15) is 23.1 Å². The van der Waals surface area contributed by atoms with Crippen molar-refractivity contribution >= 4 is 23.2 Å². The Hall–Kier alpha value is -2.23. The molecule has 0 bridgehead atoms. The van der Waals surface area contributed by atoms with E-state index in [-0.39, 0.29) is 11.5 Å². The summed E-state index contributed by atoms with van der Waals surface area (Å²) < 4.78 is 0. The molecule has 1 aliphatic carbocycles. The molecule has 0 unspecified atom stereocenters. The molecule has 0 atom stereocenters. The Kier molecular flexibility index (Phi) is 2.83. The zero-order valence-corrected chi connectivity index (χ0v) is 12.3. The van der Waals surface area contributed by atoms with E-state index >= 15 is 0 Å². The minimum atomic E-state index is -0.317. The highest BCUT2D eigenvalue weighted by molar-refractivity contribution is 6.30. The van der Waals surface area contributed by atoms with Crippen LogP contribution in [0.5, 0.6) is 0 Å². The van der Waals surface area contributed by atoms with E-state index < -0.39 is 0 Å². The Morgan fingerprint density at radius 1 is 1.36 bits per heavy atom. The molecule has 2 aromatic rings. The van der Waals surface area contributed by atoms with Crippen molar-refractivity contribution in [1.29, 1.82) is 5.26 Å². The highest BCUT2D eigenvalue weighted by atomic mass is 35.5. The van der Waals surface area contributed by atoms with Gasteiger partial charge in [-0.2, -0.15) is 5.26 Å². The highest BCUT2D eigenvalue weighted by Crippen LogP contribution is 2.55. The molecule has 6 nitrogen and oxygen atoms in total. The first-order valence-corrected chi connectivity index (χ1v) is 7.33. The van der Waals surface area contributed by atoms with Gasteiger partial charge >= 0.3 is 0 Å². The fourth-order valence-corrected chi connectivity index (χ4v) is 3.80. The average Bonchev–Trinajstić information content (AvgIpc) is 2.84. The van der Waals surface area contributed by atoms with Crippen LogP contribution in [0.2, 0.25) is 5.15 Å². The Bertz CT molecular complexity index is 797. The lowest BCUT2D eigenvalue weighted by Crippen LogP contribution is -2.47. The van der Waals surface area contributed by atoms with E-state index in [2.05, 4.69) is 21.0 Å². The minimum Gasteiger partial charge on any atom is -0.393 e. The summed E-state index contributed by atoms with van der Waals surface area (Å²) in [6.45, 7) is 0.639. The van der Waals surface area contributed by atoms with Gasteiger partial charge in [0.05, 0.1) is 17.7 Å². The predicted molar refractivity (Wildman–Crippen MR) is 79.9 cm³/mol. The van der Waals surface area contributed by atoms with Crippen LogP contribution in [0.25, 0.3) is 0 Å². The molecule has 0 radical (unpaired) electrons. The van der Waals surface area contributed by atoms with Crippen LogP contribution < -0.4 is 4.90 Å². The van der Waals surface area contributed by atoms with Crippen molar-refractivity contribution in [2.75, 3.05) is 11.4 Å². The lowest BCUT2D eigenvalue weighted by molar-refractivity contribution is 0.0263. The average molecular weight is 314 g/mol. The summed E-state index contributed by atoms with van der Waals surface area (Å²) in [5.74, 6) is 1.38. The van der Waals surface area contributed by atoms with Gasteiger partial charge in [0, 0.05) is 23.7 Å². The van der Waals surface area contributed by atoms with Gasteiger partial charge in [0.25, 0.3) is 0 Å². The molecule has 22 heavy (non-hydrogen) atoms. The molecule has 1 spiro atoms. The van der Waals surface area contributed by atoms with E-state index in [0.29, 0.717) is 35.9 Å². The first kappa shape index (κ1) is 13.4. The van der Waals surface area contributed by atoms with Crippen molar-refractivity contribution in [3.05, 3.63) is 40.9 Å². The highest BCUT2D eigenvalue weighted by Gasteiger charge is 2.54. The molecule has 0 amide bonds. The summed E-state index contributed by atoms with van der Waals surface area (Å²) in [5, 5.41) is 19.3. The summed E-state index contributed by atoms with van der Waals surface area (Å²) in [6.07, 6.45) is 4.00. The number of aliphatic hydroxyl groups excluding tert-OH is 1. The Morgan fingerprint density at radius 3 is 2.91 bits per heavy atom. The van der Waals surface area contributed by atoms with Crippen molar-refractivity contribution in [3.8, 4) is 6.07 Å². The molecule has 3 heterocycles. The largest absolute Gasteiger partial charge is 0.393 e. The van der Waals surface area contributed by atoms with Crippen LogP contribution in [-0.4, -0.2) is 32.7 Å². The third-order valence-corrected chi connectivity index (χ3v) is 4.72. The standard InChI is InChI=1S/C15H12ClN5O/c16-13-12-14(20-8-19-13)21(7-15(12)4-10(22)5-15)11-3-9(6-17)1-2-18-11/h1-3,8,10,22H,4-5,7H2. The second-order valence-corrected chi connectivity index (χ2v) is 6.16. The Labute approximate surface area is 132 Å². The number of aliphatic hydroxyl groups is 1. The first-order valence-electron chi connectivity index (χ1n) is 6.96. The molecule has 1 N–H and O–H groups in total. The number of halogens is 1. The summed E-state index contributed by atoms with van der Waals surface area (Å²) in [4.78, 5) is 14.8. The number of fused-ring (bicyclic) bond motifs is 2. The molecule has 0 aromatic carbocycles. The van der Waals surface area contributed by atoms with E-state index in [1.165, 1.54) is 6.33 Å². The maximum absolute atomic E-state index is 9.77. The zero-order valence-electron chi connectivity index (χ0n) is 11.6. The zero-order chi connectivity index (χ0) is 15.3. The van der Waals surface area contributed by atoms with Crippen molar-refractivity contribution in [1.82, 2.24) is 15.0 Å². The number of aromatic nitrogens is 3. The lowest BCUT2D eigenvalue weighted by atomic mass is 9.64. The third kappa shape index (κ3) is 1.79. The molecule has 110 valence electrons. The van der Waals surface area contributed by atoms with E-state index in [0.717, 1.165) is 11.4 Å². The summed E-state index contributed by atoms with van der Waals surface area (Å²) in [7, 11) is 0. The van der Waals surface area contributed by atoms with E-state index in [1.807, 2.05) is 4.90 Å². The van der Waals surface area contributed by atoms with E-state index in [4.69, 9.17) is 16.9 Å². The number of nitriles is 1. The SMILES string of the molecule is N#Cc1ccnc(N2CC3(CC(O)C3)c3c(Cl)ncnc32)c1. The van der Waals surface area contributed by atoms with Gasteiger partial charge in [0.15, 0.2) is 0 Å². The maximum Gasteiger partial charge on any atom is 0.142 e. The number of rotatable bonds is 1. The second kappa shape index (κ2) is 4.63. The second-order valence-electron chi connectivity index (χ2n) is 5.81. The van der Waals surface area contributed by atoms with E-state index in [1.54, 1.807) is 18.3 Å². The number of pyridine rings is 1. The van der Waals surface area contributed by atoms with Crippen molar-refractivity contribution in [2.45, 2.75) is 24.4 Å². The van der Waals surface area contributed by atoms with Crippen molar-refractivity contribution < 1.29 is 5.11 Å². The van der Waals surface area contributed by atoms with Crippen LogP contribution in [0.4, 0.5) is 11.6 Å². The minimum absolute atomic E-state index is 0.225. The van der Waals surface area contributed by atoms with Crippen LogP contribution in [0.1, 0.15) is 24.0 Å². The lowest BCUT2D eigenvalue weighted by Gasteiger charge is -2.42. The number of nitrogens with zero attached hydrogens (tertiary/aromatic N) is 5. The quantitative estimate of drug-likeness (QED) is 0.810. The van der Waals surface area contributed by atoms with Crippen LogP contribution in [0.15, 0.2) is 24.7 Å². The Balaban J connectivity index is 1.84. The van der Waals surface area contributed by atoms with Crippen molar-refractivity contribution in [2.24, 2.45) is 0 Å². The van der Waals surface area contributed by atoms with Gasteiger partial charge in [-0.15, -0.1) is 0 Å². The fraction of sp³-hybridized carbons (Fsp3) is 0.333. The smallest absolute Gasteiger partial charge is 0.142 e. The van der Waals surface area contributed by atoms with Gasteiger partial charge in [-0.3, -0.25) is 0 Å². The fourth-order valence-electron chi connectivity index (χ4n) is 3.47. The monoisotopic (exact) mass is 313 g/mol. The Morgan fingerprint density at radius 2 is 2.18 bits per heavy atom. The molecule has 4 rings (SSSR count). The topological polar surface area (TPSA) is 85.9 Å². The van der Waals surface area contributed by atoms with Crippen molar-refractivity contribution in [3.63, 3.8) is 0 Å². The van der Waals surface area contributed by atoms with Crippen LogP contribution in [0.3, 0.4) is 0 Å². The molecule has 2 aromatic heterocycles. The molecule has 1 aliphatic heterocycles. The van der Waals surface area contributed by atoms with E-state index in [9.17, 15) is 5.11 Å². The molecule has 1 saturated carbocycles. The molecule has 7 heteroatoms. The van der Waals surface area contributed by atoms with Gasteiger partial charge in [0.2, 0.25) is 0 Å². The van der Waals surface area contributed by atoms with Crippen LogP contribution in [0, 0.1) is 11.3 Å². The molecular weight excluding hydrogens is 302 g/mol. The maximum atomic E-state index is 9.77. The number of anilines is 2. The van der Waals surface area contributed by atoms with Gasteiger partial charge < -0.3 is 10.0 Å². The molecule has 2 aliphatic rings. The van der Waals surface area contributed by atoms with Gasteiger partial charge in [-0.1, -0.05) is 11.6 Å². The normalized spacial score (nSPS) is 25.7. The van der Waals surface area contributed by atoms with Gasteiger partial charge in [-0.25, -0.2) is 15.0 Å². The first-order chi connectivity index (χ1) is 10.6. The van der Waals surface area contributed by atoms with Crippen LogP contribution in [-0.2, 0) is 5.41 Å². The predicted octanol–water partition coefficient (Wildman–Crippen LogP) is 1.94. The number of hydrogen-bond donors (Lipinski definition) is 1. The summed E-state index contributed by atoms with van der Waals surface area (Å²) in [6, 6.07) is 5.51. The third-order valence-electron chi connectivity index (χ3n) is 4.43. The van der Waals surface area contributed by atoms with Crippen LogP contribution >= 0.6 is 11.6 Å². The molecular formula is C15H12ClN5O. The van der Waals surface area contributed by atoms with Gasteiger partial charge in [-0.05, 0) is 25.0 Å². The summed E-state index contributed by atoms with van der Waals surface area (Å²) in [5.41, 5.74) is 1.20. The number of hydrogen-bond acceptors (Lipinski definition) is 6. The summed E-state index contributed by atoms with van der Waals surface area (Å²) >= 11 is 6.29. The molecule has 1 fully saturated rings. The molecule has 0 saturated heterocycles.